The van der Waals surface area contributed by atoms with E-state index >= 15 is 0 Å². The van der Waals surface area contributed by atoms with Crippen molar-refractivity contribution in [1.82, 2.24) is 5.32 Å². The molecular formula is C12H23NO2. The van der Waals surface area contributed by atoms with Crippen LogP contribution in [0, 0.1) is 17.3 Å². The minimum atomic E-state index is -0.0797. The fraction of sp³-hybridized carbons (Fsp3) is 0.917. The Labute approximate surface area is 92.6 Å². The summed E-state index contributed by atoms with van der Waals surface area (Å²) in [6.45, 7) is 9.73. The van der Waals surface area contributed by atoms with E-state index in [-0.39, 0.29) is 23.3 Å². The van der Waals surface area contributed by atoms with E-state index < -0.39 is 0 Å². The van der Waals surface area contributed by atoms with Gasteiger partial charge < -0.3 is 10.1 Å². The molecule has 3 heteroatoms. The molecule has 0 amide bonds. The first-order valence-corrected chi connectivity index (χ1v) is 5.67. The molecule has 1 N–H and O–H groups in total. The van der Waals surface area contributed by atoms with Gasteiger partial charge in [0.25, 0.3) is 0 Å². The van der Waals surface area contributed by atoms with Gasteiger partial charge in [-0.25, -0.2) is 0 Å². The number of carbonyl (C=O) groups is 1. The van der Waals surface area contributed by atoms with Gasteiger partial charge in [0.05, 0.1) is 13.0 Å². The molecule has 1 heterocycles. The Bertz CT molecular complexity index is 232. The van der Waals surface area contributed by atoms with E-state index in [2.05, 4.69) is 33.0 Å². The smallest absolute Gasteiger partial charge is 0.310 e. The zero-order chi connectivity index (χ0) is 11.6. The quantitative estimate of drug-likeness (QED) is 0.675. The molecule has 3 atom stereocenters. The van der Waals surface area contributed by atoms with Gasteiger partial charge in [-0.1, -0.05) is 20.8 Å². The summed E-state index contributed by atoms with van der Waals surface area (Å²) < 4.78 is 4.84. The third-order valence-corrected chi connectivity index (χ3v) is 3.56. The van der Waals surface area contributed by atoms with Crippen molar-refractivity contribution in [2.75, 3.05) is 13.7 Å². The highest BCUT2D eigenvalue weighted by atomic mass is 16.5. The van der Waals surface area contributed by atoms with Crippen molar-refractivity contribution in [2.45, 2.75) is 40.2 Å². The standard InChI is InChI=1S/C12H23NO2/c1-8-10(11(14)15-5)6-9(7-13-8)12(2,3)4/h8-10,13H,6-7H2,1-5H3. The normalized spacial score (nSPS) is 32.5. The number of hydrogen-bond acceptors (Lipinski definition) is 3. The topological polar surface area (TPSA) is 38.3 Å². The van der Waals surface area contributed by atoms with Gasteiger partial charge in [-0.05, 0) is 31.2 Å². The molecule has 0 aromatic heterocycles. The lowest BCUT2D eigenvalue weighted by Gasteiger charge is -2.40. The van der Waals surface area contributed by atoms with Crippen molar-refractivity contribution in [3.05, 3.63) is 0 Å². The molecule has 0 aliphatic carbocycles. The third-order valence-electron chi connectivity index (χ3n) is 3.56. The molecular weight excluding hydrogens is 190 g/mol. The molecule has 0 bridgehead atoms. The maximum absolute atomic E-state index is 11.6. The largest absolute Gasteiger partial charge is 0.469 e. The molecule has 1 aliphatic rings. The zero-order valence-electron chi connectivity index (χ0n) is 10.5. The highest BCUT2D eigenvalue weighted by molar-refractivity contribution is 5.73. The Morgan fingerprint density at radius 2 is 2.00 bits per heavy atom. The van der Waals surface area contributed by atoms with Crippen LogP contribution in [0.3, 0.4) is 0 Å². The number of rotatable bonds is 1. The molecule has 1 rings (SSSR count). The number of carbonyl (C=O) groups excluding carboxylic acids is 1. The molecule has 1 saturated heterocycles. The molecule has 0 radical (unpaired) electrons. The lowest BCUT2D eigenvalue weighted by atomic mass is 9.72. The second kappa shape index (κ2) is 4.52. The van der Waals surface area contributed by atoms with Crippen LogP contribution in [0.2, 0.25) is 0 Å². The molecule has 0 aromatic rings. The van der Waals surface area contributed by atoms with Crippen molar-refractivity contribution >= 4 is 5.97 Å². The summed E-state index contributed by atoms with van der Waals surface area (Å²) in [4.78, 5) is 11.6. The van der Waals surface area contributed by atoms with E-state index in [1.165, 1.54) is 7.11 Å². The number of nitrogens with one attached hydrogen (secondary N) is 1. The van der Waals surface area contributed by atoms with E-state index in [0.717, 1.165) is 13.0 Å². The highest BCUT2D eigenvalue weighted by Gasteiger charge is 2.37. The Morgan fingerprint density at radius 3 is 2.47 bits per heavy atom. The summed E-state index contributed by atoms with van der Waals surface area (Å²) >= 11 is 0. The first-order chi connectivity index (χ1) is 6.86. The van der Waals surface area contributed by atoms with E-state index in [1.54, 1.807) is 0 Å². The van der Waals surface area contributed by atoms with Gasteiger partial charge in [-0.15, -0.1) is 0 Å². The van der Waals surface area contributed by atoms with Gasteiger partial charge in [0.1, 0.15) is 0 Å². The maximum atomic E-state index is 11.6. The van der Waals surface area contributed by atoms with Crippen LogP contribution < -0.4 is 5.32 Å². The highest BCUT2D eigenvalue weighted by Crippen LogP contribution is 2.34. The van der Waals surface area contributed by atoms with Gasteiger partial charge in [-0.2, -0.15) is 0 Å². The zero-order valence-corrected chi connectivity index (χ0v) is 10.5. The van der Waals surface area contributed by atoms with Crippen molar-refractivity contribution in [3.63, 3.8) is 0 Å². The van der Waals surface area contributed by atoms with E-state index in [9.17, 15) is 4.79 Å². The number of hydrogen-bond donors (Lipinski definition) is 1. The van der Waals surface area contributed by atoms with Crippen molar-refractivity contribution in [2.24, 2.45) is 17.3 Å². The van der Waals surface area contributed by atoms with Gasteiger partial charge in [0.15, 0.2) is 0 Å². The number of methoxy groups -OCH3 is 1. The fourth-order valence-electron chi connectivity index (χ4n) is 2.18. The third kappa shape index (κ3) is 2.94. The predicted octanol–water partition coefficient (Wildman–Crippen LogP) is 1.82. The van der Waals surface area contributed by atoms with Crippen molar-refractivity contribution in [3.8, 4) is 0 Å². The van der Waals surface area contributed by atoms with Gasteiger partial charge in [-0.3, -0.25) is 4.79 Å². The summed E-state index contributed by atoms with van der Waals surface area (Å²) in [5, 5.41) is 3.40. The van der Waals surface area contributed by atoms with E-state index in [1.807, 2.05) is 0 Å². The number of piperidine rings is 1. The first-order valence-electron chi connectivity index (χ1n) is 5.67. The van der Waals surface area contributed by atoms with Gasteiger partial charge >= 0.3 is 5.97 Å². The molecule has 1 aliphatic heterocycles. The van der Waals surface area contributed by atoms with Gasteiger partial charge in [0.2, 0.25) is 0 Å². The Hall–Kier alpha value is -0.570. The summed E-state index contributed by atoms with van der Waals surface area (Å²) in [5.41, 5.74) is 0.249. The molecule has 15 heavy (non-hydrogen) atoms. The summed E-state index contributed by atoms with van der Waals surface area (Å²) in [5.74, 6) is 0.467. The minimum absolute atomic E-state index is 0.00738. The minimum Gasteiger partial charge on any atom is -0.469 e. The molecule has 3 nitrogen and oxygen atoms in total. The van der Waals surface area contributed by atoms with Crippen LogP contribution in [0.1, 0.15) is 34.1 Å². The predicted molar refractivity (Wildman–Crippen MR) is 60.5 cm³/mol. The SMILES string of the molecule is COC(=O)C1CC(C(C)(C)C)CNC1C. The summed E-state index contributed by atoms with van der Waals surface area (Å²) in [7, 11) is 1.47. The van der Waals surface area contributed by atoms with Crippen LogP contribution in [0.4, 0.5) is 0 Å². The lowest BCUT2D eigenvalue weighted by Crippen LogP contribution is -2.49. The van der Waals surface area contributed by atoms with Crippen molar-refractivity contribution < 1.29 is 9.53 Å². The second-order valence-electron chi connectivity index (χ2n) is 5.63. The van der Waals surface area contributed by atoms with Crippen LogP contribution in [0.25, 0.3) is 0 Å². The Balaban J connectivity index is 2.68. The van der Waals surface area contributed by atoms with E-state index in [0.29, 0.717) is 5.92 Å². The summed E-state index contributed by atoms with van der Waals surface area (Å²) in [6.07, 6.45) is 0.935. The van der Waals surface area contributed by atoms with Crippen LogP contribution in [0.5, 0.6) is 0 Å². The van der Waals surface area contributed by atoms with E-state index in [4.69, 9.17) is 4.74 Å². The Morgan fingerprint density at radius 1 is 1.40 bits per heavy atom. The second-order valence-corrected chi connectivity index (χ2v) is 5.63. The molecule has 0 aromatic carbocycles. The van der Waals surface area contributed by atoms with Gasteiger partial charge in [0, 0.05) is 6.04 Å². The first kappa shape index (κ1) is 12.5. The number of ether oxygens (including phenoxy) is 1. The fourth-order valence-corrected chi connectivity index (χ4v) is 2.18. The maximum Gasteiger partial charge on any atom is 0.310 e. The Kier molecular flexibility index (Phi) is 3.77. The van der Waals surface area contributed by atoms with Crippen molar-refractivity contribution in [1.29, 1.82) is 0 Å². The lowest BCUT2D eigenvalue weighted by molar-refractivity contribution is -0.148. The molecule has 0 saturated carbocycles. The summed E-state index contributed by atoms with van der Waals surface area (Å²) in [6, 6.07) is 0.232. The molecule has 3 unspecified atom stereocenters. The molecule has 88 valence electrons. The molecule has 1 fully saturated rings. The van der Waals surface area contributed by atoms with Crippen LogP contribution in [-0.2, 0) is 9.53 Å². The van der Waals surface area contributed by atoms with Crippen LogP contribution >= 0.6 is 0 Å². The van der Waals surface area contributed by atoms with Crippen LogP contribution in [0.15, 0.2) is 0 Å². The average molecular weight is 213 g/mol. The monoisotopic (exact) mass is 213 g/mol. The molecule has 0 spiro atoms. The van der Waals surface area contributed by atoms with Crippen LogP contribution in [-0.4, -0.2) is 25.7 Å². The average Bonchev–Trinajstić information content (AvgIpc) is 2.15. The number of esters is 1.